The van der Waals surface area contributed by atoms with Gasteiger partial charge < -0.3 is 15.6 Å². The lowest BCUT2D eigenvalue weighted by Crippen LogP contribution is -2.18. The van der Waals surface area contributed by atoms with Crippen molar-refractivity contribution in [3.05, 3.63) is 35.2 Å². The maximum absolute atomic E-state index is 11.7. The van der Waals surface area contributed by atoms with Gasteiger partial charge in [-0.25, -0.2) is 13.1 Å². The highest BCUT2D eigenvalue weighted by Gasteiger charge is 2.14. The Labute approximate surface area is 123 Å². The fraction of sp³-hybridized carbons (Fsp3) is 0.308. The summed E-state index contributed by atoms with van der Waals surface area (Å²) in [4.78, 5) is 0.130. The summed E-state index contributed by atoms with van der Waals surface area (Å²) in [5.41, 5.74) is 8.68. The van der Waals surface area contributed by atoms with Gasteiger partial charge in [0.1, 0.15) is 5.76 Å². The molecule has 0 fully saturated rings. The van der Waals surface area contributed by atoms with Crippen molar-refractivity contribution in [2.75, 3.05) is 18.1 Å². The summed E-state index contributed by atoms with van der Waals surface area (Å²) in [7, 11) is -2.14. The van der Waals surface area contributed by atoms with Crippen molar-refractivity contribution >= 4 is 21.4 Å². The van der Waals surface area contributed by atoms with Crippen LogP contribution < -0.4 is 15.8 Å². The maximum atomic E-state index is 11.7. The molecule has 1 heterocycles. The smallest absolute Gasteiger partial charge is 0.240 e. The van der Waals surface area contributed by atoms with Crippen LogP contribution in [-0.2, 0) is 16.6 Å². The van der Waals surface area contributed by atoms with E-state index in [2.05, 4.69) is 15.2 Å². The van der Waals surface area contributed by atoms with Gasteiger partial charge in [0.15, 0.2) is 0 Å². The van der Waals surface area contributed by atoms with Crippen LogP contribution in [0.15, 0.2) is 27.6 Å². The number of aromatic nitrogens is 1. The zero-order valence-corrected chi connectivity index (χ0v) is 12.9. The Balaban J connectivity index is 2.19. The quantitative estimate of drug-likeness (QED) is 0.720. The van der Waals surface area contributed by atoms with Crippen LogP contribution in [0.2, 0.25) is 0 Å². The maximum Gasteiger partial charge on any atom is 0.240 e. The van der Waals surface area contributed by atoms with E-state index < -0.39 is 10.0 Å². The summed E-state index contributed by atoms with van der Waals surface area (Å²) in [6.45, 7) is 4.20. The molecule has 0 radical (unpaired) electrons. The average molecular weight is 310 g/mol. The summed E-state index contributed by atoms with van der Waals surface area (Å²) in [5.74, 6) is 0.743. The van der Waals surface area contributed by atoms with Gasteiger partial charge in [-0.15, -0.1) is 0 Å². The molecule has 0 saturated carbocycles. The van der Waals surface area contributed by atoms with E-state index in [-0.39, 0.29) is 4.90 Å². The third kappa shape index (κ3) is 3.17. The first-order valence-electron chi connectivity index (χ1n) is 6.34. The minimum atomic E-state index is -3.49. The van der Waals surface area contributed by atoms with Crippen molar-refractivity contribution in [2.45, 2.75) is 25.3 Å². The SMILES string of the molecule is CNS(=O)(=O)c1ccc(NCc2c(C)noc2C)c(N)c1. The van der Waals surface area contributed by atoms with E-state index in [1.807, 2.05) is 13.8 Å². The Kier molecular flexibility index (Phi) is 4.19. The second-order valence-electron chi connectivity index (χ2n) is 4.61. The molecule has 0 aliphatic heterocycles. The molecule has 2 rings (SSSR count). The third-order valence-corrected chi connectivity index (χ3v) is 4.65. The van der Waals surface area contributed by atoms with Crippen LogP contribution in [-0.4, -0.2) is 20.6 Å². The van der Waals surface area contributed by atoms with Crippen molar-refractivity contribution in [1.29, 1.82) is 0 Å². The monoisotopic (exact) mass is 310 g/mol. The Morgan fingerprint density at radius 2 is 2.05 bits per heavy atom. The number of rotatable bonds is 5. The highest BCUT2D eigenvalue weighted by molar-refractivity contribution is 7.89. The van der Waals surface area contributed by atoms with Crippen molar-refractivity contribution in [2.24, 2.45) is 0 Å². The van der Waals surface area contributed by atoms with Gasteiger partial charge in [-0.3, -0.25) is 0 Å². The molecule has 0 atom stereocenters. The molecule has 1 aromatic carbocycles. The number of nitrogens with two attached hydrogens (primary N) is 1. The van der Waals surface area contributed by atoms with Gasteiger partial charge in [0.25, 0.3) is 0 Å². The van der Waals surface area contributed by atoms with E-state index in [1.165, 1.54) is 19.2 Å². The predicted octanol–water partition coefficient (Wildman–Crippen LogP) is 1.39. The summed E-state index contributed by atoms with van der Waals surface area (Å²) in [5, 5.41) is 7.03. The number of nitrogens with zero attached hydrogens (tertiary/aromatic N) is 1. The van der Waals surface area contributed by atoms with E-state index in [0.717, 1.165) is 17.0 Å². The van der Waals surface area contributed by atoms with Crippen molar-refractivity contribution in [3.8, 4) is 0 Å². The number of aryl methyl sites for hydroxylation is 2. The second kappa shape index (κ2) is 5.74. The number of nitrogens with one attached hydrogen (secondary N) is 2. The molecule has 0 aliphatic rings. The van der Waals surface area contributed by atoms with Crippen LogP contribution in [0.1, 0.15) is 17.0 Å². The Morgan fingerprint density at radius 1 is 1.33 bits per heavy atom. The summed E-state index contributed by atoms with van der Waals surface area (Å²) in [6, 6.07) is 4.55. The lowest BCUT2D eigenvalue weighted by Gasteiger charge is -2.11. The second-order valence-corrected chi connectivity index (χ2v) is 6.50. The zero-order chi connectivity index (χ0) is 15.6. The van der Waals surface area contributed by atoms with Gasteiger partial charge in [0.2, 0.25) is 10.0 Å². The van der Waals surface area contributed by atoms with Gasteiger partial charge in [0.05, 0.1) is 22.0 Å². The number of hydrogen-bond acceptors (Lipinski definition) is 6. The standard InChI is InChI=1S/C13H18N4O3S/c1-8-11(9(2)20-17-8)7-16-13-5-4-10(6-12(13)14)21(18,19)15-3/h4-6,15-16H,7,14H2,1-3H3. The van der Waals surface area contributed by atoms with Crippen molar-refractivity contribution in [3.63, 3.8) is 0 Å². The first-order chi connectivity index (χ1) is 9.85. The molecule has 8 heteroatoms. The number of benzene rings is 1. The van der Waals surface area contributed by atoms with Crippen LogP contribution in [0.3, 0.4) is 0 Å². The van der Waals surface area contributed by atoms with Crippen LogP contribution in [0.5, 0.6) is 0 Å². The van der Waals surface area contributed by atoms with Gasteiger partial charge in [-0.05, 0) is 39.1 Å². The van der Waals surface area contributed by atoms with E-state index in [0.29, 0.717) is 17.9 Å². The summed E-state index contributed by atoms with van der Waals surface area (Å²) < 4.78 is 30.7. The Bertz CT molecular complexity index is 733. The highest BCUT2D eigenvalue weighted by Crippen LogP contribution is 2.24. The lowest BCUT2D eigenvalue weighted by atomic mass is 10.2. The van der Waals surface area contributed by atoms with E-state index in [1.54, 1.807) is 6.07 Å². The minimum absolute atomic E-state index is 0.130. The molecule has 0 spiro atoms. The van der Waals surface area contributed by atoms with E-state index >= 15 is 0 Å². The first-order valence-corrected chi connectivity index (χ1v) is 7.82. The van der Waals surface area contributed by atoms with Gasteiger partial charge in [0, 0.05) is 12.1 Å². The van der Waals surface area contributed by atoms with Crippen molar-refractivity contribution in [1.82, 2.24) is 9.88 Å². The van der Waals surface area contributed by atoms with E-state index in [9.17, 15) is 8.42 Å². The molecule has 21 heavy (non-hydrogen) atoms. The third-order valence-electron chi connectivity index (χ3n) is 3.24. The van der Waals surface area contributed by atoms with Crippen LogP contribution >= 0.6 is 0 Å². The fourth-order valence-corrected chi connectivity index (χ4v) is 2.69. The lowest BCUT2D eigenvalue weighted by molar-refractivity contribution is 0.392. The molecular weight excluding hydrogens is 292 g/mol. The number of hydrogen-bond donors (Lipinski definition) is 3. The summed E-state index contributed by atoms with van der Waals surface area (Å²) >= 11 is 0. The molecule has 4 N–H and O–H groups in total. The van der Waals surface area contributed by atoms with Gasteiger partial charge in [-0.1, -0.05) is 5.16 Å². The van der Waals surface area contributed by atoms with Gasteiger partial charge in [-0.2, -0.15) is 0 Å². The number of nitrogen functional groups attached to an aromatic ring is 1. The normalized spacial score (nSPS) is 11.6. The number of anilines is 2. The largest absolute Gasteiger partial charge is 0.397 e. The molecule has 0 aliphatic carbocycles. The van der Waals surface area contributed by atoms with Crippen LogP contribution in [0.25, 0.3) is 0 Å². The highest BCUT2D eigenvalue weighted by atomic mass is 32.2. The molecule has 114 valence electrons. The van der Waals surface area contributed by atoms with Crippen molar-refractivity contribution < 1.29 is 12.9 Å². The molecule has 2 aromatic rings. The topological polar surface area (TPSA) is 110 Å². The molecule has 0 saturated heterocycles. The Morgan fingerprint density at radius 3 is 2.57 bits per heavy atom. The van der Waals surface area contributed by atoms with Crippen LogP contribution in [0, 0.1) is 13.8 Å². The molecular formula is C13H18N4O3S. The number of sulfonamides is 1. The average Bonchev–Trinajstić information content (AvgIpc) is 2.77. The van der Waals surface area contributed by atoms with Crippen LogP contribution in [0.4, 0.5) is 11.4 Å². The Hall–Kier alpha value is -2.06. The molecule has 0 unspecified atom stereocenters. The molecule has 0 amide bonds. The molecule has 7 nitrogen and oxygen atoms in total. The summed E-state index contributed by atoms with van der Waals surface area (Å²) in [6.07, 6.45) is 0. The molecule has 0 bridgehead atoms. The minimum Gasteiger partial charge on any atom is -0.397 e. The van der Waals surface area contributed by atoms with Gasteiger partial charge >= 0.3 is 0 Å². The zero-order valence-electron chi connectivity index (χ0n) is 12.1. The first kappa shape index (κ1) is 15.3. The predicted molar refractivity (Wildman–Crippen MR) is 80.4 cm³/mol. The fourth-order valence-electron chi connectivity index (χ4n) is 1.92. The van der Waals surface area contributed by atoms with E-state index in [4.69, 9.17) is 10.3 Å². The molecule has 1 aromatic heterocycles.